The second-order valence-electron chi connectivity index (χ2n) is 5.82. The highest BCUT2D eigenvalue weighted by atomic mass is 15.0. The van der Waals surface area contributed by atoms with E-state index in [0.29, 0.717) is 6.04 Å². The van der Waals surface area contributed by atoms with E-state index in [9.17, 15) is 0 Å². The number of nitrogens with zero attached hydrogens (tertiary/aromatic N) is 1. The molecule has 2 aromatic rings. The number of aromatic nitrogens is 1. The molecule has 0 amide bonds. The molecule has 0 saturated heterocycles. The number of hydrogen-bond donors (Lipinski definition) is 1. The Bertz CT molecular complexity index is 659. The summed E-state index contributed by atoms with van der Waals surface area (Å²) in [5, 5.41) is 4.97. The zero-order valence-corrected chi connectivity index (χ0v) is 11.1. The van der Waals surface area contributed by atoms with Crippen molar-refractivity contribution in [1.29, 1.82) is 0 Å². The minimum atomic E-state index is 0.606. The number of anilines is 1. The summed E-state index contributed by atoms with van der Waals surface area (Å²) in [6.45, 7) is 2.12. The van der Waals surface area contributed by atoms with Gasteiger partial charge in [0.15, 0.2) is 0 Å². The van der Waals surface area contributed by atoms with Gasteiger partial charge in [-0.25, -0.2) is 0 Å². The summed E-state index contributed by atoms with van der Waals surface area (Å²) < 4.78 is 0. The molecule has 0 radical (unpaired) electrons. The third kappa shape index (κ3) is 1.66. The molecule has 2 aliphatic rings. The van der Waals surface area contributed by atoms with Crippen molar-refractivity contribution in [3.05, 3.63) is 48.2 Å². The summed E-state index contributed by atoms with van der Waals surface area (Å²) in [6.07, 6.45) is 9.18. The van der Waals surface area contributed by atoms with Gasteiger partial charge in [0, 0.05) is 29.2 Å². The maximum absolute atomic E-state index is 4.51. The zero-order chi connectivity index (χ0) is 12.8. The van der Waals surface area contributed by atoms with E-state index >= 15 is 0 Å². The van der Waals surface area contributed by atoms with Crippen molar-refractivity contribution in [3.63, 3.8) is 0 Å². The van der Waals surface area contributed by atoms with Crippen molar-refractivity contribution >= 4 is 16.6 Å². The molecule has 0 spiro atoms. The SMILES string of the molecule is Cc1ccc(NC2CC3CC=CC32)c2cccnc12. The predicted octanol–water partition coefficient (Wildman–Crippen LogP) is 3.92. The normalized spacial score (nSPS) is 28.2. The van der Waals surface area contributed by atoms with Crippen LogP contribution in [0.15, 0.2) is 42.6 Å². The van der Waals surface area contributed by atoms with E-state index in [4.69, 9.17) is 0 Å². The van der Waals surface area contributed by atoms with E-state index < -0.39 is 0 Å². The van der Waals surface area contributed by atoms with Gasteiger partial charge in [-0.15, -0.1) is 0 Å². The molecule has 19 heavy (non-hydrogen) atoms. The lowest BCUT2D eigenvalue weighted by molar-refractivity contribution is 0.218. The second kappa shape index (κ2) is 4.09. The molecule has 3 unspecified atom stereocenters. The molecule has 96 valence electrons. The van der Waals surface area contributed by atoms with E-state index in [-0.39, 0.29) is 0 Å². The van der Waals surface area contributed by atoms with E-state index in [1.807, 2.05) is 12.3 Å². The molecule has 4 rings (SSSR count). The first-order chi connectivity index (χ1) is 9.33. The Labute approximate surface area is 113 Å². The largest absolute Gasteiger partial charge is 0.381 e. The average molecular weight is 250 g/mol. The van der Waals surface area contributed by atoms with Crippen molar-refractivity contribution in [1.82, 2.24) is 4.98 Å². The quantitative estimate of drug-likeness (QED) is 0.817. The monoisotopic (exact) mass is 250 g/mol. The standard InChI is InChI=1S/C17H18N2/c1-11-7-8-15(14-6-3-9-18-17(11)14)19-16-10-12-4-2-5-13(12)16/h2-3,5-9,12-13,16,19H,4,10H2,1H3. The van der Waals surface area contributed by atoms with Gasteiger partial charge in [0.25, 0.3) is 0 Å². The average Bonchev–Trinajstić information content (AvgIpc) is 2.80. The third-order valence-electron chi connectivity index (χ3n) is 4.68. The van der Waals surface area contributed by atoms with Crippen LogP contribution in [-0.4, -0.2) is 11.0 Å². The van der Waals surface area contributed by atoms with Crippen LogP contribution < -0.4 is 5.32 Å². The first kappa shape index (κ1) is 11.0. The molecule has 1 fully saturated rings. The third-order valence-corrected chi connectivity index (χ3v) is 4.68. The van der Waals surface area contributed by atoms with Gasteiger partial charge in [-0.05, 0) is 49.4 Å². The Kier molecular flexibility index (Phi) is 2.37. The minimum Gasteiger partial charge on any atom is -0.381 e. The van der Waals surface area contributed by atoms with Crippen LogP contribution in [-0.2, 0) is 0 Å². The Hall–Kier alpha value is -1.83. The summed E-state index contributed by atoms with van der Waals surface area (Å²) in [6, 6.07) is 9.16. The number of allylic oxidation sites excluding steroid dienone is 1. The number of benzene rings is 1. The van der Waals surface area contributed by atoms with Gasteiger partial charge in [-0.1, -0.05) is 18.2 Å². The fourth-order valence-electron chi connectivity index (χ4n) is 3.52. The number of hydrogen-bond acceptors (Lipinski definition) is 2. The van der Waals surface area contributed by atoms with Crippen molar-refractivity contribution in [2.75, 3.05) is 5.32 Å². The number of fused-ring (bicyclic) bond motifs is 2. The van der Waals surface area contributed by atoms with Crippen LogP contribution in [0.25, 0.3) is 10.9 Å². The Morgan fingerprint density at radius 3 is 3.11 bits per heavy atom. The highest BCUT2D eigenvalue weighted by Crippen LogP contribution is 2.44. The number of aryl methyl sites for hydroxylation is 1. The Balaban J connectivity index is 1.68. The molecule has 1 heterocycles. The van der Waals surface area contributed by atoms with E-state index in [1.165, 1.54) is 29.5 Å². The number of rotatable bonds is 2. The van der Waals surface area contributed by atoms with Crippen LogP contribution in [0.1, 0.15) is 18.4 Å². The zero-order valence-electron chi connectivity index (χ0n) is 11.1. The van der Waals surface area contributed by atoms with E-state index in [0.717, 1.165) is 17.4 Å². The number of pyridine rings is 1. The number of nitrogens with one attached hydrogen (secondary N) is 1. The molecule has 0 bridgehead atoms. The van der Waals surface area contributed by atoms with Gasteiger partial charge in [-0.2, -0.15) is 0 Å². The van der Waals surface area contributed by atoms with Crippen LogP contribution in [0.3, 0.4) is 0 Å². The second-order valence-corrected chi connectivity index (χ2v) is 5.82. The van der Waals surface area contributed by atoms with Crippen LogP contribution in [0, 0.1) is 18.8 Å². The van der Waals surface area contributed by atoms with Gasteiger partial charge >= 0.3 is 0 Å². The molecule has 2 nitrogen and oxygen atoms in total. The van der Waals surface area contributed by atoms with Gasteiger partial charge in [0.1, 0.15) is 0 Å². The molecule has 1 N–H and O–H groups in total. The summed E-state index contributed by atoms with van der Waals surface area (Å²) in [5.41, 5.74) is 3.59. The maximum Gasteiger partial charge on any atom is 0.0751 e. The van der Waals surface area contributed by atoms with Crippen LogP contribution >= 0.6 is 0 Å². The lowest BCUT2D eigenvalue weighted by atomic mass is 9.71. The summed E-state index contributed by atoms with van der Waals surface area (Å²) in [4.78, 5) is 4.51. The predicted molar refractivity (Wildman–Crippen MR) is 79.2 cm³/mol. The molecule has 1 aromatic carbocycles. The van der Waals surface area contributed by atoms with Gasteiger partial charge in [0.2, 0.25) is 0 Å². The summed E-state index contributed by atoms with van der Waals surface area (Å²) in [7, 11) is 0. The highest BCUT2D eigenvalue weighted by molar-refractivity contribution is 5.93. The molecule has 3 atom stereocenters. The lowest BCUT2D eigenvalue weighted by Gasteiger charge is -2.41. The van der Waals surface area contributed by atoms with Crippen molar-refractivity contribution in [2.45, 2.75) is 25.8 Å². The molecular formula is C17H18N2. The van der Waals surface area contributed by atoms with Crippen molar-refractivity contribution < 1.29 is 0 Å². The van der Waals surface area contributed by atoms with Gasteiger partial charge < -0.3 is 5.32 Å². The maximum atomic E-state index is 4.51. The smallest absolute Gasteiger partial charge is 0.0751 e. The molecular weight excluding hydrogens is 232 g/mol. The fraction of sp³-hybridized carbons (Fsp3) is 0.353. The Morgan fingerprint density at radius 1 is 1.26 bits per heavy atom. The van der Waals surface area contributed by atoms with Crippen LogP contribution in [0.4, 0.5) is 5.69 Å². The molecule has 2 heteroatoms. The fourth-order valence-corrected chi connectivity index (χ4v) is 3.52. The molecule has 2 aliphatic carbocycles. The topological polar surface area (TPSA) is 24.9 Å². The summed E-state index contributed by atoms with van der Waals surface area (Å²) >= 11 is 0. The van der Waals surface area contributed by atoms with Crippen molar-refractivity contribution in [3.8, 4) is 0 Å². The minimum absolute atomic E-state index is 0.606. The first-order valence-corrected chi connectivity index (χ1v) is 7.10. The van der Waals surface area contributed by atoms with Gasteiger partial charge in [0.05, 0.1) is 5.52 Å². The van der Waals surface area contributed by atoms with Crippen LogP contribution in [0.5, 0.6) is 0 Å². The van der Waals surface area contributed by atoms with Crippen LogP contribution in [0.2, 0.25) is 0 Å². The van der Waals surface area contributed by atoms with E-state index in [1.54, 1.807) is 0 Å². The lowest BCUT2D eigenvalue weighted by Crippen LogP contribution is -2.43. The molecule has 1 saturated carbocycles. The van der Waals surface area contributed by atoms with E-state index in [2.05, 4.69) is 47.6 Å². The van der Waals surface area contributed by atoms with Crippen molar-refractivity contribution in [2.24, 2.45) is 11.8 Å². The summed E-state index contributed by atoms with van der Waals surface area (Å²) in [5.74, 6) is 1.64. The van der Waals surface area contributed by atoms with Gasteiger partial charge in [-0.3, -0.25) is 4.98 Å². The molecule has 0 aliphatic heterocycles. The Morgan fingerprint density at radius 2 is 2.21 bits per heavy atom. The highest BCUT2D eigenvalue weighted by Gasteiger charge is 2.40. The first-order valence-electron chi connectivity index (χ1n) is 7.10. The molecule has 1 aromatic heterocycles.